The van der Waals surface area contributed by atoms with E-state index in [-0.39, 0.29) is 35.4 Å². The summed E-state index contributed by atoms with van der Waals surface area (Å²) in [6, 6.07) is 28.2. The van der Waals surface area contributed by atoms with Crippen molar-refractivity contribution in [1.82, 2.24) is 10.2 Å². The Bertz CT molecular complexity index is 1770. The molecule has 0 fully saturated rings. The molecule has 246 valence electrons. The summed E-state index contributed by atoms with van der Waals surface area (Å²) in [4.78, 5) is 30.0. The standard InChI is InChI=1S/C36H38ClN3O6S/c1-26(2)23-38-36(42)32(21-27-9-5-3-6-10-27)39(24-28-13-15-29(37)16-14-28)35(41)25-40(47(43,44)31-11-7-4-8-12-31)30-17-18-33-34(22-30)46-20-19-45-33/h3-18,22,26,32H,19-21,23-25H2,1-2H3,(H,38,42)/t32-/m1/s1. The SMILES string of the molecule is CC(C)CNC(=O)[C@@H](Cc1ccccc1)N(Cc1ccc(Cl)cc1)C(=O)CN(c1ccc2c(c1)OCCO2)S(=O)(=O)c1ccccc1. The lowest BCUT2D eigenvalue weighted by Gasteiger charge is -2.34. The minimum absolute atomic E-state index is 0.0162. The number of anilines is 1. The Balaban J connectivity index is 1.57. The molecule has 0 aromatic heterocycles. The smallest absolute Gasteiger partial charge is 0.264 e. The zero-order chi connectivity index (χ0) is 33.4. The first-order chi connectivity index (χ1) is 22.6. The van der Waals surface area contributed by atoms with Crippen LogP contribution >= 0.6 is 11.6 Å². The minimum Gasteiger partial charge on any atom is -0.486 e. The van der Waals surface area contributed by atoms with Gasteiger partial charge in [0.2, 0.25) is 11.8 Å². The van der Waals surface area contributed by atoms with Gasteiger partial charge in [0.1, 0.15) is 25.8 Å². The van der Waals surface area contributed by atoms with Crippen molar-refractivity contribution in [3.63, 3.8) is 0 Å². The molecule has 2 amide bonds. The molecule has 9 nitrogen and oxygen atoms in total. The van der Waals surface area contributed by atoms with E-state index >= 15 is 0 Å². The van der Waals surface area contributed by atoms with Crippen molar-refractivity contribution in [3.05, 3.63) is 119 Å². The van der Waals surface area contributed by atoms with E-state index in [0.717, 1.165) is 15.4 Å². The molecule has 0 radical (unpaired) electrons. The van der Waals surface area contributed by atoms with E-state index in [1.54, 1.807) is 60.7 Å². The highest BCUT2D eigenvalue weighted by Gasteiger charge is 2.35. The fourth-order valence-electron chi connectivity index (χ4n) is 5.20. The summed E-state index contributed by atoms with van der Waals surface area (Å²) in [5, 5.41) is 3.52. The van der Waals surface area contributed by atoms with Crippen LogP contribution in [0, 0.1) is 5.92 Å². The highest BCUT2D eigenvalue weighted by Crippen LogP contribution is 2.36. The van der Waals surface area contributed by atoms with E-state index in [9.17, 15) is 18.0 Å². The monoisotopic (exact) mass is 675 g/mol. The maximum atomic E-state index is 14.6. The number of hydrogen-bond acceptors (Lipinski definition) is 6. The van der Waals surface area contributed by atoms with E-state index in [0.29, 0.717) is 36.3 Å². The zero-order valence-corrected chi connectivity index (χ0v) is 27.9. The lowest BCUT2D eigenvalue weighted by Crippen LogP contribution is -2.53. The summed E-state index contributed by atoms with van der Waals surface area (Å²) in [6.45, 7) is 4.54. The van der Waals surface area contributed by atoms with Crippen molar-refractivity contribution in [1.29, 1.82) is 0 Å². The first kappa shape index (κ1) is 33.8. The number of halogens is 1. The molecule has 11 heteroatoms. The van der Waals surface area contributed by atoms with Gasteiger partial charge in [-0.15, -0.1) is 0 Å². The number of amides is 2. The molecule has 1 atom stereocenters. The van der Waals surface area contributed by atoms with Gasteiger partial charge < -0.3 is 19.7 Å². The second-order valence-corrected chi connectivity index (χ2v) is 13.9. The molecule has 47 heavy (non-hydrogen) atoms. The maximum absolute atomic E-state index is 14.6. The number of fused-ring (bicyclic) bond motifs is 1. The van der Waals surface area contributed by atoms with Crippen molar-refractivity contribution in [3.8, 4) is 11.5 Å². The largest absolute Gasteiger partial charge is 0.486 e. The first-order valence-electron chi connectivity index (χ1n) is 15.4. The molecule has 0 saturated heterocycles. The summed E-state index contributed by atoms with van der Waals surface area (Å²) < 4.78 is 40.9. The molecular formula is C36H38ClN3O6S. The fraction of sp³-hybridized carbons (Fsp3) is 0.278. The van der Waals surface area contributed by atoms with Gasteiger partial charge in [0.05, 0.1) is 10.6 Å². The van der Waals surface area contributed by atoms with Crippen molar-refractivity contribution in [2.75, 3.05) is 30.6 Å². The van der Waals surface area contributed by atoms with Crippen molar-refractivity contribution in [2.45, 2.75) is 37.8 Å². The Hall–Kier alpha value is -4.54. The number of rotatable bonds is 13. The van der Waals surface area contributed by atoms with E-state index in [4.69, 9.17) is 21.1 Å². The van der Waals surface area contributed by atoms with E-state index in [1.807, 2.05) is 44.2 Å². The molecule has 0 spiro atoms. The predicted molar refractivity (Wildman–Crippen MR) is 182 cm³/mol. The van der Waals surface area contributed by atoms with Crippen LogP contribution in [0.2, 0.25) is 5.02 Å². The number of carbonyl (C=O) groups is 2. The molecule has 1 N–H and O–H groups in total. The predicted octanol–water partition coefficient (Wildman–Crippen LogP) is 5.72. The van der Waals surface area contributed by atoms with Crippen LogP contribution in [-0.4, -0.2) is 57.5 Å². The van der Waals surface area contributed by atoms with Crippen LogP contribution in [0.4, 0.5) is 5.69 Å². The van der Waals surface area contributed by atoms with Gasteiger partial charge >= 0.3 is 0 Å². The molecule has 1 heterocycles. The third kappa shape index (κ3) is 8.64. The summed E-state index contributed by atoms with van der Waals surface area (Å²) >= 11 is 6.16. The van der Waals surface area contributed by atoms with E-state index < -0.39 is 28.5 Å². The maximum Gasteiger partial charge on any atom is 0.264 e. The number of nitrogens with one attached hydrogen (secondary N) is 1. The summed E-state index contributed by atoms with van der Waals surface area (Å²) in [5.74, 6) is 0.148. The van der Waals surface area contributed by atoms with Gasteiger partial charge in [0, 0.05) is 30.6 Å². The number of benzene rings is 4. The summed E-state index contributed by atoms with van der Waals surface area (Å²) in [5.41, 5.74) is 1.81. The minimum atomic E-state index is -4.24. The van der Waals surface area contributed by atoms with Crippen LogP contribution in [0.15, 0.2) is 108 Å². The van der Waals surface area contributed by atoms with Gasteiger partial charge in [-0.05, 0) is 53.4 Å². The van der Waals surface area contributed by atoms with Gasteiger partial charge in [0.25, 0.3) is 10.0 Å². The lowest BCUT2D eigenvalue weighted by atomic mass is 10.0. The van der Waals surface area contributed by atoms with Gasteiger partial charge in [-0.2, -0.15) is 0 Å². The molecule has 0 bridgehead atoms. The zero-order valence-electron chi connectivity index (χ0n) is 26.3. The molecule has 4 aromatic rings. The Labute approximate surface area is 281 Å². The van der Waals surface area contributed by atoms with Crippen molar-refractivity contribution < 1.29 is 27.5 Å². The molecule has 0 saturated carbocycles. The van der Waals surface area contributed by atoms with E-state index in [2.05, 4.69) is 5.32 Å². The number of ether oxygens (including phenoxy) is 2. The number of hydrogen-bond donors (Lipinski definition) is 1. The highest BCUT2D eigenvalue weighted by atomic mass is 35.5. The van der Waals surface area contributed by atoms with Gasteiger partial charge in [-0.25, -0.2) is 8.42 Å². The third-order valence-electron chi connectivity index (χ3n) is 7.65. The second-order valence-electron chi connectivity index (χ2n) is 11.6. The Morgan fingerprint density at radius 1 is 0.830 bits per heavy atom. The van der Waals surface area contributed by atoms with Crippen LogP contribution in [0.3, 0.4) is 0 Å². The van der Waals surface area contributed by atoms with Gasteiger partial charge in [0.15, 0.2) is 11.5 Å². The molecule has 5 rings (SSSR count). The van der Waals surface area contributed by atoms with Crippen LogP contribution < -0.4 is 19.1 Å². The summed E-state index contributed by atoms with van der Waals surface area (Å²) in [7, 11) is -4.24. The molecule has 0 aliphatic carbocycles. The molecule has 4 aromatic carbocycles. The third-order valence-corrected chi connectivity index (χ3v) is 9.69. The fourth-order valence-corrected chi connectivity index (χ4v) is 6.75. The molecule has 0 unspecified atom stereocenters. The second kappa shape index (κ2) is 15.4. The first-order valence-corrected chi connectivity index (χ1v) is 17.3. The molecule has 1 aliphatic rings. The normalized spacial score (nSPS) is 13.1. The number of nitrogens with zero attached hydrogens (tertiary/aromatic N) is 2. The average Bonchev–Trinajstić information content (AvgIpc) is 3.09. The number of sulfonamides is 1. The van der Waals surface area contributed by atoms with Crippen LogP contribution in [0.25, 0.3) is 0 Å². The topological polar surface area (TPSA) is 105 Å². The van der Waals surface area contributed by atoms with Gasteiger partial charge in [-0.1, -0.05) is 86.1 Å². The van der Waals surface area contributed by atoms with Crippen molar-refractivity contribution in [2.24, 2.45) is 5.92 Å². The van der Waals surface area contributed by atoms with Crippen LogP contribution in [0.5, 0.6) is 11.5 Å². The Kier molecular flexibility index (Phi) is 11.1. The van der Waals surface area contributed by atoms with Crippen LogP contribution in [-0.2, 0) is 32.6 Å². The van der Waals surface area contributed by atoms with Gasteiger partial charge in [-0.3, -0.25) is 13.9 Å². The summed E-state index contributed by atoms with van der Waals surface area (Å²) in [6.07, 6.45) is 0.222. The van der Waals surface area contributed by atoms with Crippen LogP contribution in [0.1, 0.15) is 25.0 Å². The Morgan fingerprint density at radius 2 is 1.47 bits per heavy atom. The molecule has 1 aliphatic heterocycles. The Morgan fingerprint density at radius 3 is 2.13 bits per heavy atom. The van der Waals surface area contributed by atoms with E-state index in [1.165, 1.54) is 17.0 Å². The van der Waals surface area contributed by atoms with Crippen molar-refractivity contribution >= 4 is 39.1 Å². The highest BCUT2D eigenvalue weighted by molar-refractivity contribution is 7.92. The average molecular weight is 676 g/mol. The lowest BCUT2D eigenvalue weighted by molar-refractivity contribution is -0.140. The number of carbonyl (C=O) groups excluding carboxylic acids is 2. The quantitative estimate of drug-likeness (QED) is 0.194. The molecular weight excluding hydrogens is 638 g/mol.